The molecule has 0 amide bonds. The van der Waals surface area contributed by atoms with Crippen molar-refractivity contribution in [3.63, 3.8) is 0 Å². The van der Waals surface area contributed by atoms with Gasteiger partial charge in [0.05, 0.1) is 0 Å². The summed E-state index contributed by atoms with van der Waals surface area (Å²) >= 11 is 4.80. The maximum atomic E-state index is 10.7. The van der Waals surface area contributed by atoms with E-state index in [1.165, 1.54) is 0 Å². The molecule has 0 aromatic carbocycles. The van der Waals surface area contributed by atoms with Crippen LogP contribution in [-0.2, 0) is 0 Å². The molecule has 0 atom stereocenters. The Morgan fingerprint density at radius 2 is 2.09 bits per heavy atom. The van der Waals surface area contributed by atoms with E-state index in [1.54, 1.807) is 0 Å². The zero-order valence-electron chi connectivity index (χ0n) is 5.21. The number of aromatic amines is 3. The third-order valence-electron chi connectivity index (χ3n) is 1.22. The summed E-state index contributed by atoms with van der Waals surface area (Å²) in [7, 11) is 0. The van der Waals surface area contributed by atoms with Crippen molar-refractivity contribution in [2.75, 3.05) is 0 Å². The average Bonchev–Trinajstić information content (AvgIpc) is 2.34. The Balaban J connectivity index is 3.15. The highest BCUT2D eigenvalue weighted by Crippen LogP contribution is 1.99. The van der Waals surface area contributed by atoms with Crippen LogP contribution < -0.4 is 5.69 Å². The van der Waals surface area contributed by atoms with Gasteiger partial charge in [0.2, 0.25) is 0 Å². The van der Waals surface area contributed by atoms with Crippen LogP contribution in [0.25, 0.3) is 11.2 Å². The number of hydrogen-bond donors (Lipinski definition) is 3. The number of nitrogens with one attached hydrogen (secondary N) is 3. The van der Waals surface area contributed by atoms with Gasteiger partial charge in [-0.25, -0.2) is 4.79 Å². The van der Waals surface area contributed by atoms with Crippen molar-refractivity contribution in [1.29, 1.82) is 0 Å². The minimum absolute atomic E-state index is 0.289. The van der Waals surface area contributed by atoms with Crippen molar-refractivity contribution in [2.45, 2.75) is 0 Å². The van der Waals surface area contributed by atoms with E-state index >= 15 is 0 Å². The molecule has 2 rings (SSSR count). The number of fused-ring (bicyclic) bond motifs is 1. The number of rotatable bonds is 0. The molecule has 0 aliphatic carbocycles. The molecular weight excluding hydrogens is 166 g/mol. The van der Waals surface area contributed by atoms with Gasteiger partial charge in [-0.05, 0) is 0 Å². The maximum absolute atomic E-state index is 10.7. The lowest BCUT2D eigenvalue weighted by Crippen LogP contribution is -2.09. The molecule has 2 aromatic heterocycles. The smallest absolute Gasteiger partial charge is 0.296 e. The standard InChI is InChI=1S/C4H3N5OS/c10-4-5-2-1(3(11)6-4)7-9-8-2/h(H3,5,6,7,8,9,10,11). The van der Waals surface area contributed by atoms with Crippen LogP contribution in [0, 0.1) is 4.64 Å². The topological polar surface area (TPSA) is 90.2 Å². The molecule has 0 unspecified atom stereocenters. The quantitative estimate of drug-likeness (QED) is 0.472. The van der Waals surface area contributed by atoms with Gasteiger partial charge >= 0.3 is 5.69 Å². The summed E-state index contributed by atoms with van der Waals surface area (Å²) in [6.07, 6.45) is 0. The minimum Gasteiger partial charge on any atom is -0.296 e. The van der Waals surface area contributed by atoms with Gasteiger partial charge in [0.1, 0.15) is 4.64 Å². The lowest BCUT2D eigenvalue weighted by molar-refractivity contribution is 0.953. The van der Waals surface area contributed by atoms with Crippen molar-refractivity contribution < 1.29 is 0 Å². The zero-order valence-corrected chi connectivity index (χ0v) is 6.03. The molecule has 0 saturated carbocycles. The SMILES string of the molecule is O=c1[nH]c(=S)c2n[nH]nc2[nH]1. The highest BCUT2D eigenvalue weighted by Gasteiger charge is 1.99. The summed E-state index contributed by atoms with van der Waals surface area (Å²) in [5.41, 5.74) is 0.467. The van der Waals surface area contributed by atoms with Crippen molar-refractivity contribution >= 4 is 23.4 Å². The second kappa shape index (κ2) is 1.99. The van der Waals surface area contributed by atoms with Gasteiger partial charge in [0, 0.05) is 0 Å². The third kappa shape index (κ3) is 0.855. The van der Waals surface area contributed by atoms with Gasteiger partial charge in [-0.1, -0.05) is 12.2 Å². The molecule has 0 fully saturated rings. The molecule has 0 radical (unpaired) electrons. The molecule has 3 N–H and O–H groups in total. The molecular formula is C4H3N5OS. The summed E-state index contributed by atoms with van der Waals surface area (Å²) < 4.78 is 0.289. The molecule has 56 valence electrons. The van der Waals surface area contributed by atoms with E-state index in [0.29, 0.717) is 11.2 Å². The van der Waals surface area contributed by atoms with Gasteiger partial charge < -0.3 is 0 Å². The van der Waals surface area contributed by atoms with E-state index in [4.69, 9.17) is 12.2 Å². The first kappa shape index (κ1) is 6.23. The lowest BCUT2D eigenvalue weighted by atomic mass is 10.6. The Morgan fingerprint density at radius 3 is 2.91 bits per heavy atom. The molecule has 11 heavy (non-hydrogen) atoms. The number of H-pyrrole nitrogens is 3. The average molecular weight is 169 g/mol. The first-order valence-electron chi connectivity index (χ1n) is 2.80. The molecule has 0 aliphatic rings. The van der Waals surface area contributed by atoms with Gasteiger partial charge in [-0.2, -0.15) is 10.3 Å². The normalized spacial score (nSPS) is 10.5. The fourth-order valence-electron chi connectivity index (χ4n) is 0.777. The first-order valence-corrected chi connectivity index (χ1v) is 3.21. The van der Waals surface area contributed by atoms with Crippen LogP contribution >= 0.6 is 12.2 Å². The van der Waals surface area contributed by atoms with E-state index in [1.807, 2.05) is 0 Å². The van der Waals surface area contributed by atoms with Crippen LogP contribution in [0.3, 0.4) is 0 Å². The van der Waals surface area contributed by atoms with E-state index in [0.717, 1.165) is 0 Å². The van der Waals surface area contributed by atoms with Crippen LogP contribution in [0.1, 0.15) is 0 Å². The second-order valence-corrected chi connectivity index (χ2v) is 2.34. The van der Waals surface area contributed by atoms with Gasteiger partial charge in [-0.15, -0.1) is 5.10 Å². The van der Waals surface area contributed by atoms with E-state index < -0.39 is 0 Å². The molecule has 0 bridgehead atoms. The molecule has 0 aliphatic heterocycles. The van der Waals surface area contributed by atoms with Crippen molar-refractivity contribution in [3.05, 3.63) is 15.1 Å². The summed E-state index contributed by atoms with van der Waals surface area (Å²) in [6, 6.07) is 0. The van der Waals surface area contributed by atoms with E-state index in [-0.39, 0.29) is 10.3 Å². The first-order chi connectivity index (χ1) is 5.27. The summed E-state index contributed by atoms with van der Waals surface area (Å²) in [5.74, 6) is 0. The van der Waals surface area contributed by atoms with Crippen LogP contribution in [0.15, 0.2) is 4.79 Å². The van der Waals surface area contributed by atoms with Crippen molar-refractivity contribution in [2.24, 2.45) is 0 Å². The van der Waals surface area contributed by atoms with Gasteiger partial charge in [0.15, 0.2) is 11.2 Å². The molecule has 0 spiro atoms. The monoisotopic (exact) mass is 169 g/mol. The molecule has 2 aromatic rings. The van der Waals surface area contributed by atoms with E-state index in [9.17, 15) is 4.79 Å². The fraction of sp³-hybridized carbons (Fsp3) is 0. The maximum Gasteiger partial charge on any atom is 0.325 e. The second-order valence-electron chi connectivity index (χ2n) is 1.93. The molecule has 7 heteroatoms. The number of aromatic nitrogens is 5. The summed E-state index contributed by atoms with van der Waals surface area (Å²) in [6.45, 7) is 0. The Labute approximate surface area is 64.7 Å². The Kier molecular flexibility index (Phi) is 1.13. The van der Waals surface area contributed by atoms with Crippen LogP contribution in [0.4, 0.5) is 0 Å². The minimum atomic E-state index is -0.378. The predicted octanol–water partition coefficient (Wildman–Crippen LogP) is -0.296. The van der Waals surface area contributed by atoms with Crippen LogP contribution in [0.5, 0.6) is 0 Å². The van der Waals surface area contributed by atoms with Gasteiger partial charge in [0.25, 0.3) is 0 Å². The zero-order chi connectivity index (χ0) is 7.84. The Hall–Kier alpha value is -1.50. The van der Waals surface area contributed by atoms with E-state index in [2.05, 4.69) is 25.4 Å². The number of hydrogen-bond acceptors (Lipinski definition) is 4. The Morgan fingerprint density at radius 1 is 1.27 bits per heavy atom. The third-order valence-corrected chi connectivity index (χ3v) is 1.52. The largest absolute Gasteiger partial charge is 0.325 e. The van der Waals surface area contributed by atoms with Gasteiger partial charge in [-0.3, -0.25) is 9.97 Å². The van der Waals surface area contributed by atoms with Crippen molar-refractivity contribution in [1.82, 2.24) is 25.4 Å². The summed E-state index contributed by atoms with van der Waals surface area (Å²) in [5, 5.41) is 9.73. The number of nitrogens with zero attached hydrogens (tertiary/aromatic N) is 2. The van der Waals surface area contributed by atoms with Crippen LogP contribution in [0.2, 0.25) is 0 Å². The predicted molar refractivity (Wildman–Crippen MR) is 39.7 cm³/mol. The lowest BCUT2D eigenvalue weighted by Gasteiger charge is -1.83. The molecule has 6 nitrogen and oxygen atoms in total. The Bertz CT molecular complexity index is 493. The highest BCUT2D eigenvalue weighted by molar-refractivity contribution is 7.71. The van der Waals surface area contributed by atoms with Crippen molar-refractivity contribution in [3.8, 4) is 0 Å². The molecule has 2 heterocycles. The summed E-state index contributed by atoms with van der Waals surface area (Å²) in [4.78, 5) is 15.6. The molecule has 0 saturated heterocycles. The highest BCUT2D eigenvalue weighted by atomic mass is 32.1. The fourth-order valence-corrected chi connectivity index (χ4v) is 1.01. The van der Waals surface area contributed by atoms with Crippen LogP contribution in [-0.4, -0.2) is 25.4 Å².